The fourth-order valence-corrected chi connectivity index (χ4v) is 3.37. The highest BCUT2D eigenvalue weighted by atomic mass is 32.2. The van der Waals surface area contributed by atoms with Gasteiger partial charge in [0, 0.05) is 17.5 Å². The quantitative estimate of drug-likeness (QED) is 0.845. The molecule has 1 aromatic carbocycles. The van der Waals surface area contributed by atoms with E-state index >= 15 is 0 Å². The molecule has 0 aliphatic heterocycles. The largest absolute Gasteiger partial charge is 0.493 e. The van der Waals surface area contributed by atoms with Crippen molar-refractivity contribution in [2.24, 2.45) is 5.73 Å². The van der Waals surface area contributed by atoms with Crippen molar-refractivity contribution in [2.45, 2.75) is 29.6 Å². The van der Waals surface area contributed by atoms with Crippen LogP contribution in [0.1, 0.15) is 24.8 Å². The van der Waals surface area contributed by atoms with Crippen molar-refractivity contribution in [1.82, 2.24) is 0 Å². The van der Waals surface area contributed by atoms with E-state index in [0.717, 1.165) is 24.8 Å². The Balaban J connectivity index is 2.64. The molecule has 5 heteroatoms. The minimum atomic E-state index is -0.264. The predicted octanol–water partition coefficient (Wildman–Crippen LogP) is 2.95. The molecule has 0 spiro atoms. The van der Waals surface area contributed by atoms with E-state index in [-0.39, 0.29) is 11.2 Å². The summed E-state index contributed by atoms with van der Waals surface area (Å²) in [7, 11) is 3.13. The molecule has 0 radical (unpaired) electrons. The molecule has 3 nitrogen and oxygen atoms in total. The van der Waals surface area contributed by atoms with Gasteiger partial charge in [0.1, 0.15) is 5.82 Å². The second kappa shape index (κ2) is 5.59. The summed E-state index contributed by atoms with van der Waals surface area (Å²) in [4.78, 5) is 0.481. The third-order valence-electron chi connectivity index (χ3n) is 4.03. The van der Waals surface area contributed by atoms with Gasteiger partial charge in [-0.05, 0) is 25.2 Å². The van der Waals surface area contributed by atoms with Gasteiger partial charge in [0.2, 0.25) is 0 Å². The summed E-state index contributed by atoms with van der Waals surface area (Å²) in [6, 6.07) is 1.57. The van der Waals surface area contributed by atoms with E-state index in [2.05, 4.69) is 0 Å². The number of rotatable bonds is 5. The molecule has 2 N–H and O–H groups in total. The van der Waals surface area contributed by atoms with Crippen LogP contribution in [0.5, 0.6) is 11.5 Å². The van der Waals surface area contributed by atoms with Crippen LogP contribution in [0.2, 0.25) is 0 Å². The lowest BCUT2D eigenvalue weighted by Crippen LogP contribution is -2.42. The number of thioether (sulfide) groups is 1. The molecular weight excluding hydrogens is 265 g/mol. The lowest BCUT2D eigenvalue weighted by Gasteiger charge is -2.42. The van der Waals surface area contributed by atoms with Crippen LogP contribution in [0.15, 0.2) is 11.0 Å². The second-order valence-electron chi connectivity index (χ2n) is 4.84. The Morgan fingerprint density at radius 1 is 1.32 bits per heavy atom. The highest BCUT2D eigenvalue weighted by Gasteiger charge is 2.41. The first-order chi connectivity index (χ1) is 9.13. The summed E-state index contributed by atoms with van der Waals surface area (Å²) in [5.74, 6) is 0.836. The Morgan fingerprint density at radius 3 is 2.32 bits per heavy atom. The van der Waals surface area contributed by atoms with Gasteiger partial charge in [0.15, 0.2) is 11.5 Å². The molecule has 1 fully saturated rings. The molecule has 0 heterocycles. The van der Waals surface area contributed by atoms with Gasteiger partial charge in [-0.15, -0.1) is 11.8 Å². The van der Waals surface area contributed by atoms with Gasteiger partial charge in [-0.25, -0.2) is 4.39 Å². The minimum absolute atomic E-state index is 0.156. The van der Waals surface area contributed by atoms with Crippen LogP contribution in [0.3, 0.4) is 0 Å². The SMILES string of the molecule is COc1c(C2(CN)CCC2)cc(F)c(SC)c1OC. The average Bonchev–Trinajstić information content (AvgIpc) is 2.37. The standard InChI is InChI=1S/C14H20FNO2S/c1-17-11-9(14(8-16)5-4-6-14)7-10(15)13(19-3)12(11)18-2/h7H,4-6,8,16H2,1-3H3. The van der Waals surface area contributed by atoms with Crippen molar-refractivity contribution in [1.29, 1.82) is 0 Å². The molecule has 0 amide bonds. The van der Waals surface area contributed by atoms with Crippen LogP contribution >= 0.6 is 11.8 Å². The Morgan fingerprint density at radius 2 is 1.95 bits per heavy atom. The van der Waals surface area contributed by atoms with Gasteiger partial charge < -0.3 is 15.2 Å². The first-order valence-corrected chi connectivity index (χ1v) is 7.55. The maximum absolute atomic E-state index is 14.2. The number of hydrogen-bond acceptors (Lipinski definition) is 4. The van der Waals surface area contributed by atoms with E-state index in [9.17, 15) is 4.39 Å². The van der Waals surface area contributed by atoms with E-state index in [1.165, 1.54) is 18.9 Å². The van der Waals surface area contributed by atoms with E-state index in [1.54, 1.807) is 13.2 Å². The van der Waals surface area contributed by atoms with Crippen molar-refractivity contribution in [3.63, 3.8) is 0 Å². The Kier molecular flexibility index (Phi) is 4.26. The summed E-state index contributed by atoms with van der Waals surface area (Å²) in [6.07, 6.45) is 4.89. The highest BCUT2D eigenvalue weighted by Crippen LogP contribution is 2.51. The number of benzene rings is 1. The first kappa shape index (κ1) is 14.5. The van der Waals surface area contributed by atoms with E-state index in [0.29, 0.717) is 22.9 Å². The van der Waals surface area contributed by atoms with Crippen LogP contribution in [0.25, 0.3) is 0 Å². The van der Waals surface area contributed by atoms with E-state index in [1.807, 2.05) is 6.26 Å². The zero-order chi connectivity index (χ0) is 14.0. The zero-order valence-electron chi connectivity index (χ0n) is 11.6. The van der Waals surface area contributed by atoms with Crippen molar-refractivity contribution >= 4 is 11.8 Å². The first-order valence-electron chi connectivity index (χ1n) is 6.32. The van der Waals surface area contributed by atoms with E-state index < -0.39 is 0 Å². The van der Waals surface area contributed by atoms with Gasteiger partial charge >= 0.3 is 0 Å². The van der Waals surface area contributed by atoms with Crippen molar-refractivity contribution in [3.05, 3.63) is 17.4 Å². The lowest BCUT2D eigenvalue weighted by molar-refractivity contribution is 0.237. The average molecular weight is 285 g/mol. The summed E-state index contributed by atoms with van der Waals surface area (Å²) in [6.45, 7) is 0.505. The molecule has 0 bridgehead atoms. The van der Waals surface area contributed by atoms with Crippen molar-refractivity contribution < 1.29 is 13.9 Å². The molecule has 0 unspecified atom stereocenters. The third kappa shape index (κ3) is 2.19. The number of methoxy groups -OCH3 is 2. The van der Waals surface area contributed by atoms with E-state index in [4.69, 9.17) is 15.2 Å². The van der Waals surface area contributed by atoms with Gasteiger partial charge in [0.25, 0.3) is 0 Å². The zero-order valence-corrected chi connectivity index (χ0v) is 12.4. The lowest BCUT2D eigenvalue weighted by atomic mass is 9.64. The fraction of sp³-hybridized carbons (Fsp3) is 0.571. The molecule has 1 aromatic rings. The molecule has 0 saturated heterocycles. The Labute approximate surface area is 117 Å². The molecule has 106 valence electrons. The molecule has 1 aliphatic rings. The topological polar surface area (TPSA) is 44.5 Å². The number of ether oxygens (including phenoxy) is 2. The Hall–Kier alpha value is -0.940. The van der Waals surface area contributed by atoms with Crippen LogP contribution in [-0.4, -0.2) is 27.0 Å². The van der Waals surface area contributed by atoms with Crippen LogP contribution < -0.4 is 15.2 Å². The Bertz CT molecular complexity index is 469. The van der Waals surface area contributed by atoms with Gasteiger partial charge in [-0.3, -0.25) is 0 Å². The molecule has 1 saturated carbocycles. The predicted molar refractivity (Wildman–Crippen MR) is 75.9 cm³/mol. The van der Waals surface area contributed by atoms with Crippen LogP contribution in [-0.2, 0) is 5.41 Å². The summed E-state index contributed by atoms with van der Waals surface area (Å²) in [5, 5.41) is 0. The van der Waals surface area contributed by atoms with Crippen molar-refractivity contribution in [2.75, 3.05) is 27.0 Å². The molecule has 19 heavy (non-hydrogen) atoms. The number of hydrogen-bond donors (Lipinski definition) is 1. The minimum Gasteiger partial charge on any atom is -0.493 e. The molecule has 2 rings (SSSR count). The maximum Gasteiger partial charge on any atom is 0.177 e. The summed E-state index contributed by atoms with van der Waals surface area (Å²) in [5.41, 5.74) is 6.60. The van der Waals surface area contributed by atoms with Crippen molar-refractivity contribution in [3.8, 4) is 11.5 Å². The highest BCUT2D eigenvalue weighted by molar-refractivity contribution is 7.98. The number of halogens is 1. The van der Waals surface area contributed by atoms with Crippen LogP contribution in [0, 0.1) is 5.82 Å². The normalized spacial score (nSPS) is 16.9. The van der Waals surface area contributed by atoms with Gasteiger partial charge in [-0.2, -0.15) is 0 Å². The maximum atomic E-state index is 14.2. The smallest absolute Gasteiger partial charge is 0.177 e. The molecule has 0 atom stereocenters. The molecule has 1 aliphatic carbocycles. The summed E-state index contributed by atoms with van der Waals surface area (Å²) >= 11 is 1.32. The fourth-order valence-electron chi connectivity index (χ4n) is 2.75. The van der Waals surface area contributed by atoms with Crippen LogP contribution in [0.4, 0.5) is 4.39 Å². The molecular formula is C14H20FNO2S. The van der Waals surface area contributed by atoms with Gasteiger partial charge in [-0.1, -0.05) is 6.42 Å². The summed E-state index contributed by atoms with van der Waals surface area (Å²) < 4.78 is 25.1. The molecule has 0 aromatic heterocycles. The number of nitrogens with two attached hydrogens (primary N) is 1. The van der Waals surface area contributed by atoms with Gasteiger partial charge in [0.05, 0.1) is 19.1 Å². The third-order valence-corrected chi connectivity index (χ3v) is 4.82. The monoisotopic (exact) mass is 285 g/mol. The second-order valence-corrected chi connectivity index (χ2v) is 5.66.